The Balaban J connectivity index is 3.37. The molecule has 1 N–H and O–H groups in total. The lowest BCUT2D eigenvalue weighted by Crippen LogP contribution is -1.76. The summed E-state index contributed by atoms with van der Waals surface area (Å²) >= 11 is 2.96. The molecule has 1 rings (SSSR count). The number of hydrogen-bond donors (Lipinski definition) is 1. The molecule has 1 aromatic carbocycles. The zero-order valence-corrected chi connectivity index (χ0v) is 7.29. The van der Waals surface area contributed by atoms with Crippen molar-refractivity contribution >= 4 is 21.6 Å². The summed E-state index contributed by atoms with van der Waals surface area (Å²) in [4.78, 5) is 2.37. The highest BCUT2D eigenvalue weighted by atomic mass is 79.9. The summed E-state index contributed by atoms with van der Waals surface area (Å²) in [5, 5.41) is 12.0. The molecule has 0 aliphatic heterocycles. The first-order valence-electron chi connectivity index (χ1n) is 2.88. The van der Waals surface area contributed by atoms with Crippen molar-refractivity contribution < 1.29 is 9.50 Å². The minimum atomic E-state index is -0.764. The van der Waals surface area contributed by atoms with E-state index in [0.717, 1.165) is 6.07 Å². The van der Waals surface area contributed by atoms with Crippen molar-refractivity contribution in [1.29, 1.82) is 0 Å². The average molecular weight is 232 g/mol. The van der Waals surface area contributed by atoms with E-state index in [1.165, 1.54) is 6.07 Å². The Kier molecular flexibility index (Phi) is 2.52. The van der Waals surface area contributed by atoms with Gasteiger partial charge in [-0.15, -0.1) is 0 Å². The van der Waals surface area contributed by atoms with Crippen molar-refractivity contribution in [3.63, 3.8) is 0 Å². The first-order chi connectivity index (χ1) is 5.65. The maximum Gasteiger partial charge on any atom is 0.137 e. The van der Waals surface area contributed by atoms with Crippen molar-refractivity contribution in [2.75, 3.05) is 0 Å². The molecular weight excluding hydrogens is 229 g/mol. The van der Waals surface area contributed by atoms with Gasteiger partial charge in [-0.25, -0.2) is 4.39 Å². The van der Waals surface area contributed by atoms with Gasteiger partial charge in [-0.2, -0.15) is 0 Å². The smallest absolute Gasteiger partial charge is 0.137 e. The van der Waals surface area contributed by atoms with Crippen LogP contribution in [0.5, 0.6) is 5.75 Å². The SMILES string of the molecule is [N-]=[N+]=Nc1c(O)cc(Br)cc1F. The summed E-state index contributed by atoms with van der Waals surface area (Å²) < 4.78 is 13.2. The number of hydrogen-bond acceptors (Lipinski definition) is 2. The highest BCUT2D eigenvalue weighted by molar-refractivity contribution is 9.10. The van der Waals surface area contributed by atoms with Gasteiger partial charge in [-0.1, -0.05) is 21.0 Å². The first kappa shape index (κ1) is 8.83. The van der Waals surface area contributed by atoms with E-state index in [1.807, 2.05) is 0 Å². The maximum absolute atomic E-state index is 12.8. The number of aromatic hydroxyl groups is 1. The standard InChI is InChI=1S/C6H3BrFN3O/c7-3-1-4(8)6(10-11-9)5(12)2-3/h1-2,12H. The van der Waals surface area contributed by atoms with Gasteiger partial charge in [0.1, 0.15) is 17.3 Å². The van der Waals surface area contributed by atoms with Crippen molar-refractivity contribution in [2.24, 2.45) is 5.11 Å². The van der Waals surface area contributed by atoms with E-state index in [9.17, 15) is 4.39 Å². The number of nitrogens with zero attached hydrogens (tertiary/aromatic N) is 3. The van der Waals surface area contributed by atoms with Crippen molar-refractivity contribution in [1.82, 2.24) is 0 Å². The van der Waals surface area contributed by atoms with Crippen LogP contribution in [0.3, 0.4) is 0 Å². The molecule has 0 aliphatic rings. The molecule has 0 spiro atoms. The summed E-state index contributed by atoms with van der Waals surface area (Å²) in [7, 11) is 0. The van der Waals surface area contributed by atoms with Crippen LogP contribution in [0.4, 0.5) is 10.1 Å². The molecule has 12 heavy (non-hydrogen) atoms. The lowest BCUT2D eigenvalue weighted by atomic mass is 10.3. The summed E-state index contributed by atoms with van der Waals surface area (Å²) in [5.74, 6) is -1.15. The van der Waals surface area contributed by atoms with Gasteiger partial charge in [-0.05, 0) is 17.7 Å². The number of rotatable bonds is 1. The minimum Gasteiger partial charge on any atom is -0.507 e. The fourth-order valence-electron chi connectivity index (χ4n) is 0.696. The second-order valence-corrected chi connectivity index (χ2v) is 2.86. The molecule has 0 radical (unpaired) electrons. The predicted octanol–water partition coefficient (Wildman–Crippen LogP) is 3.24. The molecule has 0 aliphatic carbocycles. The molecule has 0 saturated carbocycles. The summed E-state index contributed by atoms with van der Waals surface area (Å²) in [6.07, 6.45) is 0. The van der Waals surface area contributed by atoms with Crippen LogP contribution in [-0.4, -0.2) is 5.11 Å². The third kappa shape index (κ3) is 1.66. The van der Waals surface area contributed by atoms with Crippen molar-refractivity contribution in [2.45, 2.75) is 0 Å². The summed E-state index contributed by atoms with van der Waals surface area (Å²) in [6.45, 7) is 0. The van der Waals surface area contributed by atoms with Crippen LogP contribution in [0.1, 0.15) is 0 Å². The third-order valence-corrected chi connectivity index (χ3v) is 1.61. The molecule has 1 aromatic rings. The first-order valence-corrected chi connectivity index (χ1v) is 3.67. The largest absolute Gasteiger partial charge is 0.507 e. The van der Waals surface area contributed by atoms with Crippen LogP contribution in [0.15, 0.2) is 21.7 Å². The van der Waals surface area contributed by atoms with Gasteiger partial charge in [0.25, 0.3) is 0 Å². The van der Waals surface area contributed by atoms with Crippen LogP contribution in [-0.2, 0) is 0 Å². The van der Waals surface area contributed by atoms with Crippen LogP contribution in [0, 0.1) is 5.82 Å². The molecule has 0 saturated heterocycles. The number of phenolic OH excluding ortho intramolecular Hbond substituents is 1. The molecule has 0 aromatic heterocycles. The molecule has 0 fully saturated rings. The van der Waals surface area contributed by atoms with Gasteiger partial charge in [-0.3, -0.25) is 0 Å². The molecule has 62 valence electrons. The quantitative estimate of drug-likeness (QED) is 0.450. The molecular formula is C6H3BrFN3O. The Labute approximate surface area is 75.4 Å². The van der Waals surface area contributed by atoms with Crippen LogP contribution >= 0.6 is 15.9 Å². The molecule has 0 heterocycles. The Morgan fingerprint density at radius 2 is 2.25 bits per heavy atom. The Morgan fingerprint density at radius 1 is 1.58 bits per heavy atom. The Hall–Kier alpha value is -1.26. The van der Waals surface area contributed by atoms with Crippen molar-refractivity contribution in [3.05, 3.63) is 32.9 Å². The lowest BCUT2D eigenvalue weighted by molar-refractivity contribution is 0.470. The summed E-state index contributed by atoms with van der Waals surface area (Å²) in [6, 6.07) is 2.34. The van der Waals surface area contributed by atoms with E-state index in [1.54, 1.807) is 0 Å². The monoisotopic (exact) mass is 231 g/mol. The number of halogens is 2. The number of phenols is 1. The molecule has 0 bridgehead atoms. The van der Waals surface area contributed by atoms with E-state index in [0.29, 0.717) is 4.47 Å². The van der Waals surface area contributed by atoms with E-state index in [2.05, 4.69) is 26.0 Å². The molecule has 6 heteroatoms. The van der Waals surface area contributed by atoms with Crippen LogP contribution in [0.25, 0.3) is 10.4 Å². The van der Waals surface area contributed by atoms with Gasteiger partial charge in [0.05, 0.1) is 0 Å². The zero-order valence-electron chi connectivity index (χ0n) is 5.70. The Bertz CT molecular complexity index is 339. The van der Waals surface area contributed by atoms with Gasteiger partial charge < -0.3 is 5.11 Å². The fraction of sp³-hybridized carbons (Fsp3) is 0. The Morgan fingerprint density at radius 3 is 2.75 bits per heavy atom. The molecule has 0 unspecified atom stereocenters. The predicted molar refractivity (Wildman–Crippen MR) is 44.6 cm³/mol. The second kappa shape index (κ2) is 3.42. The van der Waals surface area contributed by atoms with E-state index in [4.69, 9.17) is 10.6 Å². The average Bonchev–Trinajstić information content (AvgIpc) is 1.96. The van der Waals surface area contributed by atoms with Gasteiger partial charge >= 0.3 is 0 Å². The highest BCUT2D eigenvalue weighted by Gasteiger charge is 2.06. The van der Waals surface area contributed by atoms with Gasteiger partial charge in [0, 0.05) is 9.38 Å². The number of benzene rings is 1. The van der Waals surface area contributed by atoms with Crippen LogP contribution < -0.4 is 0 Å². The van der Waals surface area contributed by atoms with Gasteiger partial charge in [0.15, 0.2) is 0 Å². The molecule has 4 nitrogen and oxygen atoms in total. The normalized spacial score (nSPS) is 9.17. The fourth-order valence-corrected chi connectivity index (χ4v) is 1.11. The molecule has 0 amide bonds. The number of azide groups is 1. The van der Waals surface area contributed by atoms with E-state index >= 15 is 0 Å². The maximum atomic E-state index is 12.8. The van der Waals surface area contributed by atoms with E-state index in [-0.39, 0.29) is 11.4 Å². The molecule has 0 atom stereocenters. The minimum absolute atomic E-state index is 0.384. The third-order valence-electron chi connectivity index (χ3n) is 1.15. The van der Waals surface area contributed by atoms with Gasteiger partial charge in [0.2, 0.25) is 0 Å². The summed E-state index contributed by atoms with van der Waals surface area (Å²) in [5.41, 5.74) is 7.62. The van der Waals surface area contributed by atoms with Crippen molar-refractivity contribution in [3.8, 4) is 5.75 Å². The topological polar surface area (TPSA) is 69.0 Å². The van der Waals surface area contributed by atoms with Crippen LogP contribution in [0.2, 0.25) is 0 Å². The van der Waals surface area contributed by atoms with E-state index < -0.39 is 5.82 Å². The zero-order chi connectivity index (χ0) is 9.14. The second-order valence-electron chi connectivity index (χ2n) is 1.94. The lowest BCUT2D eigenvalue weighted by Gasteiger charge is -1.99. The highest BCUT2D eigenvalue weighted by Crippen LogP contribution is 2.32.